The summed E-state index contributed by atoms with van der Waals surface area (Å²) in [6.45, 7) is 0.262. The van der Waals surface area contributed by atoms with Crippen molar-refractivity contribution in [3.63, 3.8) is 0 Å². The fourth-order valence-corrected chi connectivity index (χ4v) is 3.67. The van der Waals surface area contributed by atoms with E-state index in [2.05, 4.69) is 4.72 Å². The highest BCUT2D eigenvalue weighted by Gasteiger charge is 2.30. The van der Waals surface area contributed by atoms with Gasteiger partial charge in [0.25, 0.3) is 0 Å². The SMILES string of the molecule is O=S(=O)(NC[C@@H](O)c1ccc2c(c1)CCO2)c1ccc(C(F)(F)F)cc1. The highest BCUT2D eigenvalue weighted by Crippen LogP contribution is 2.30. The molecule has 140 valence electrons. The van der Waals surface area contributed by atoms with Gasteiger partial charge in [-0.05, 0) is 47.5 Å². The zero-order valence-corrected chi connectivity index (χ0v) is 14.3. The summed E-state index contributed by atoms with van der Waals surface area (Å²) in [7, 11) is -4.04. The van der Waals surface area contributed by atoms with Gasteiger partial charge in [-0.15, -0.1) is 0 Å². The number of nitrogens with one attached hydrogen (secondary N) is 1. The molecule has 2 aromatic carbocycles. The van der Waals surface area contributed by atoms with Gasteiger partial charge in [-0.2, -0.15) is 13.2 Å². The number of ether oxygens (including phenoxy) is 1. The van der Waals surface area contributed by atoms with Crippen LogP contribution in [0.4, 0.5) is 13.2 Å². The number of rotatable bonds is 5. The summed E-state index contributed by atoms with van der Waals surface area (Å²) in [6, 6.07) is 8.26. The molecule has 1 atom stereocenters. The molecule has 2 aromatic rings. The summed E-state index contributed by atoms with van der Waals surface area (Å²) in [5, 5.41) is 10.2. The number of benzene rings is 2. The van der Waals surface area contributed by atoms with E-state index in [1.807, 2.05) is 0 Å². The van der Waals surface area contributed by atoms with Gasteiger partial charge in [0.2, 0.25) is 10.0 Å². The van der Waals surface area contributed by atoms with Gasteiger partial charge in [-0.25, -0.2) is 13.1 Å². The average Bonchev–Trinajstić information content (AvgIpc) is 3.07. The topological polar surface area (TPSA) is 75.6 Å². The van der Waals surface area contributed by atoms with Crippen LogP contribution in [0, 0.1) is 0 Å². The van der Waals surface area contributed by atoms with Crippen LogP contribution in [-0.2, 0) is 22.6 Å². The van der Waals surface area contributed by atoms with Crippen molar-refractivity contribution in [1.82, 2.24) is 4.72 Å². The third-order valence-corrected chi connectivity index (χ3v) is 5.50. The molecule has 1 heterocycles. The van der Waals surface area contributed by atoms with E-state index in [-0.39, 0.29) is 11.4 Å². The Balaban J connectivity index is 1.68. The Morgan fingerprint density at radius 2 is 1.85 bits per heavy atom. The van der Waals surface area contributed by atoms with Gasteiger partial charge in [0.1, 0.15) is 5.75 Å². The number of hydrogen-bond donors (Lipinski definition) is 2. The van der Waals surface area contributed by atoms with Gasteiger partial charge in [-0.3, -0.25) is 0 Å². The lowest BCUT2D eigenvalue weighted by molar-refractivity contribution is -0.137. The second-order valence-corrected chi connectivity index (χ2v) is 7.62. The Labute approximate surface area is 148 Å². The van der Waals surface area contributed by atoms with E-state index >= 15 is 0 Å². The number of aliphatic hydroxyl groups is 1. The Morgan fingerprint density at radius 3 is 2.50 bits per heavy atom. The Morgan fingerprint density at radius 1 is 1.15 bits per heavy atom. The van der Waals surface area contributed by atoms with E-state index in [4.69, 9.17) is 4.74 Å². The zero-order chi connectivity index (χ0) is 18.9. The molecule has 1 aliphatic heterocycles. The molecule has 0 amide bonds. The van der Waals surface area contributed by atoms with Crippen LogP contribution in [0.15, 0.2) is 47.4 Å². The minimum atomic E-state index is -4.54. The number of fused-ring (bicyclic) bond motifs is 1. The molecule has 9 heteroatoms. The van der Waals surface area contributed by atoms with Crippen LogP contribution in [0.2, 0.25) is 0 Å². The molecule has 3 rings (SSSR count). The number of alkyl halides is 3. The molecule has 0 fully saturated rings. The molecule has 1 aliphatic rings. The molecule has 26 heavy (non-hydrogen) atoms. The van der Waals surface area contributed by atoms with Crippen molar-refractivity contribution < 1.29 is 31.4 Å². The molecule has 0 saturated carbocycles. The van der Waals surface area contributed by atoms with Crippen molar-refractivity contribution in [3.8, 4) is 5.75 Å². The zero-order valence-electron chi connectivity index (χ0n) is 13.5. The highest BCUT2D eigenvalue weighted by molar-refractivity contribution is 7.89. The van der Waals surface area contributed by atoms with Crippen LogP contribution >= 0.6 is 0 Å². The average molecular weight is 387 g/mol. The largest absolute Gasteiger partial charge is 0.493 e. The van der Waals surface area contributed by atoms with Crippen molar-refractivity contribution in [3.05, 3.63) is 59.2 Å². The van der Waals surface area contributed by atoms with Crippen molar-refractivity contribution in [2.75, 3.05) is 13.2 Å². The lowest BCUT2D eigenvalue weighted by atomic mass is 10.0. The van der Waals surface area contributed by atoms with Gasteiger partial charge < -0.3 is 9.84 Å². The first-order chi connectivity index (χ1) is 12.2. The summed E-state index contributed by atoms with van der Waals surface area (Å²) in [5.41, 5.74) is 0.536. The van der Waals surface area contributed by atoms with Gasteiger partial charge in [0, 0.05) is 13.0 Å². The molecule has 0 aromatic heterocycles. The van der Waals surface area contributed by atoms with E-state index in [9.17, 15) is 26.7 Å². The molecule has 0 spiro atoms. The summed E-state index contributed by atoms with van der Waals surface area (Å²) >= 11 is 0. The Bertz CT molecular complexity index is 895. The minimum absolute atomic E-state index is 0.303. The van der Waals surface area contributed by atoms with Crippen LogP contribution in [0.25, 0.3) is 0 Å². The Hall–Kier alpha value is -2.10. The number of sulfonamides is 1. The third kappa shape index (κ3) is 4.00. The third-order valence-electron chi connectivity index (χ3n) is 4.06. The normalized spacial score (nSPS) is 15.4. The molecule has 2 N–H and O–H groups in total. The summed E-state index contributed by atoms with van der Waals surface area (Å²) in [4.78, 5) is -0.306. The molecule has 0 unspecified atom stereocenters. The maximum atomic E-state index is 12.5. The van der Waals surface area contributed by atoms with E-state index in [0.717, 1.165) is 23.4 Å². The highest BCUT2D eigenvalue weighted by atomic mass is 32.2. The molecule has 5 nitrogen and oxygen atoms in total. The monoisotopic (exact) mass is 387 g/mol. The Kier molecular flexibility index (Phi) is 4.96. The molecule has 0 saturated heterocycles. The lowest BCUT2D eigenvalue weighted by Crippen LogP contribution is -2.28. The predicted molar refractivity (Wildman–Crippen MR) is 87.2 cm³/mol. The summed E-state index contributed by atoms with van der Waals surface area (Å²) < 4.78 is 69.6. The molecule has 0 radical (unpaired) electrons. The van der Waals surface area contributed by atoms with Crippen molar-refractivity contribution >= 4 is 10.0 Å². The molecular weight excluding hydrogens is 371 g/mol. The van der Waals surface area contributed by atoms with Crippen LogP contribution in [0.5, 0.6) is 5.75 Å². The predicted octanol–water partition coefficient (Wildman–Crippen LogP) is 2.65. The number of hydrogen-bond acceptors (Lipinski definition) is 4. The first-order valence-electron chi connectivity index (χ1n) is 7.77. The smallest absolute Gasteiger partial charge is 0.416 e. The van der Waals surface area contributed by atoms with Gasteiger partial charge >= 0.3 is 6.18 Å². The van der Waals surface area contributed by atoms with Gasteiger partial charge in [0.15, 0.2) is 0 Å². The van der Waals surface area contributed by atoms with Gasteiger partial charge in [0.05, 0.1) is 23.2 Å². The summed E-state index contributed by atoms with van der Waals surface area (Å²) in [5.74, 6) is 0.742. The molecule has 0 aliphatic carbocycles. The van der Waals surface area contributed by atoms with Crippen molar-refractivity contribution in [2.45, 2.75) is 23.6 Å². The fraction of sp³-hybridized carbons (Fsp3) is 0.294. The first kappa shape index (κ1) is 18.7. The van der Waals surface area contributed by atoms with E-state index in [1.54, 1.807) is 18.2 Å². The van der Waals surface area contributed by atoms with E-state index in [0.29, 0.717) is 30.7 Å². The van der Waals surface area contributed by atoms with Gasteiger partial charge in [-0.1, -0.05) is 6.07 Å². The second kappa shape index (κ2) is 6.90. The standard InChI is InChI=1S/C17H16F3NO4S/c18-17(19,20)13-2-4-14(5-3-13)26(23,24)21-10-15(22)11-1-6-16-12(9-11)7-8-25-16/h1-6,9,15,21-22H,7-8,10H2/t15-/m1/s1. The van der Waals surface area contributed by atoms with Crippen LogP contribution in [0.1, 0.15) is 22.8 Å². The fourth-order valence-electron chi connectivity index (χ4n) is 2.63. The lowest BCUT2D eigenvalue weighted by Gasteiger charge is -2.14. The summed E-state index contributed by atoms with van der Waals surface area (Å²) in [6.07, 6.45) is -4.92. The quantitative estimate of drug-likeness (QED) is 0.827. The number of halogens is 3. The maximum Gasteiger partial charge on any atom is 0.416 e. The van der Waals surface area contributed by atoms with E-state index in [1.165, 1.54) is 0 Å². The van der Waals surface area contributed by atoms with Crippen molar-refractivity contribution in [2.24, 2.45) is 0 Å². The first-order valence-corrected chi connectivity index (χ1v) is 9.26. The maximum absolute atomic E-state index is 12.5. The second-order valence-electron chi connectivity index (χ2n) is 5.86. The minimum Gasteiger partial charge on any atom is -0.493 e. The van der Waals surface area contributed by atoms with Crippen LogP contribution in [0.3, 0.4) is 0 Å². The van der Waals surface area contributed by atoms with Crippen LogP contribution in [-0.4, -0.2) is 26.7 Å². The van der Waals surface area contributed by atoms with Crippen molar-refractivity contribution in [1.29, 1.82) is 0 Å². The molecule has 0 bridgehead atoms. The van der Waals surface area contributed by atoms with E-state index < -0.39 is 27.9 Å². The van der Waals surface area contributed by atoms with Crippen LogP contribution < -0.4 is 9.46 Å². The number of aliphatic hydroxyl groups excluding tert-OH is 1. The molecular formula is C17H16F3NO4S.